The molecule has 1 aromatic heterocycles. The number of carbonyl (C=O) groups is 1. The lowest BCUT2D eigenvalue weighted by Gasteiger charge is -2.26. The highest BCUT2D eigenvalue weighted by atomic mass is 32.2. The smallest absolute Gasteiger partial charge is 0.273 e. The Morgan fingerprint density at radius 3 is 2.50 bits per heavy atom. The van der Waals surface area contributed by atoms with Gasteiger partial charge in [-0.3, -0.25) is 9.89 Å². The predicted molar refractivity (Wildman–Crippen MR) is 116 cm³/mol. The average molecular weight is 425 g/mol. The van der Waals surface area contributed by atoms with Crippen molar-refractivity contribution in [2.24, 2.45) is 0 Å². The number of nitrogens with zero attached hydrogens (tertiary/aromatic N) is 2. The van der Waals surface area contributed by atoms with Crippen LogP contribution in [0.4, 0.5) is 5.69 Å². The van der Waals surface area contributed by atoms with Crippen molar-refractivity contribution in [1.29, 1.82) is 0 Å². The Hall–Kier alpha value is -2.97. The van der Waals surface area contributed by atoms with Crippen molar-refractivity contribution in [1.82, 2.24) is 14.5 Å². The quantitative estimate of drug-likeness (QED) is 0.651. The first kappa shape index (κ1) is 20.3. The Morgan fingerprint density at radius 2 is 1.77 bits per heavy atom. The van der Waals surface area contributed by atoms with E-state index in [1.807, 2.05) is 30.3 Å². The number of hydrogen-bond donors (Lipinski definition) is 2. The first-order chi connectivity index (χ1) is 14.4. The maximum absolute atomic E-state index is 13.1. The minimum atomic E-state index is -3.59. The second-order valence-electron chi connectivity index (χ2n) is 7.43. The van der Waals surface area contributed by atoms with Gasteiger partial charge in [0.05, 0.1) is 10.6 Å². The largest absolute Gasteiger partial charge is 0.321 e. The van der Waals surface area contributed by atoms with E-state index in [0.29, 0.717) is 35.7 Å². The third kappa shape index (κ3) is 4.15. The molecular weight excluding hydrogens is 400 g/mol. The van der Waals surface area contributed by atoms with Crippen LogP contribution in [0.2, 0.25) is 0 Å². The Balaban J connectivity index is 1.55. The number of carbonyl (C=O) groups excluding carboxylic acids is 1. The fourth-order valence-electron chi connectivity index (χ4n) is 3.59. The first-order valence-corrected chi connectivity index (χ1v) is 11.4. The molecule has 1 aliphatic rings. The summed E-state index contributed by atoms with van der Waals surface area (Å²) in [6, 6.07) is 16.2. The van der Waals surface area contributed by atoms with Gasteiger partial charge in [0.15, 0.2) is 0 Å². The number of sulfonamides is 1. The molecular formula is C22H24N4O3S. The van der Waals surface area contributed by atoms with E-state index in [1.165, 1.54) is 10.4 Å². The zero-order valence-corrected chi connectivity index (χ0v) is 17.6. The topological polar surface area (TPSA) is 95.2 Å². The van der Waals surface area contributed by atoms with E-state index in [-0.39, 0.29) is 10.8 Å². The normalized spacial score (nSPS) is 15.1. The zero-order chi connectivity index (χ0) is 21.1. The van der Waals surface area contributed by atoms with Gasteiger partial charge >= 0.3 is 0 Å². The Bertz CT molecular complexity index is 1150. The van der Waals surface area contributed by atoms with Crippen LogP contribution in [-0.2, 0) is 10.0 Å². The van der Waals surface area contributed by atoms with Crippen molar-refractivity contribution < 1.29 is 13.2 Å². The standard InChI is InChI=1S/C22H24N4O3S/c1-16-10-11-18(14-21(16)30(28,29)26-12-6-3-7-13-26)23-22(27)20-15-19(24-25-20)17-8-4-2-5-9-17/h2,4-5,8-11,14-15H,3,6-7,12-13H2,1H3,(H,23,27)(H,24,25). The number of rotatable bonds is 5. The number of H-pyrrole nitrogens is 1. The number of anilines is 1. The summed E-state index contributed by atoms with van der Waals surface area (Å²) in [5.74, 6) is -0.380. The predicted octanol–water partition coefficient (Wildman–Crippen LogP) is 3.81. The number of nitrogens with one attached hydrogen (secondary N) is 2. The van der Waals surface area contributed by atoms with Gasteiger partial charge in [-0.25, -0.2) is 8.42 Å². The molecule has 156 valence electrons. The molecule has 0 saturated carbocycles. The van der Waals surface area contributed by atoms with E-state index in [1.54, 1.807) is 25.1 Å². The number of hydrogen-bond acceptors (Lipinski definition) is 4. The number of aryl methyl sites for hydroxylation is 1. The molecule has 30 heavy (non-hydrogen) atoms. The Kier molecular flexibility index (Phi) is 5.69. The van der Waals surface area contributed by atoms with Crippen LogP contribution >= 0.6 is 0 Å². The summed E-state index contributed by atoms with van der Waals surface area (Å²) in [7, 11) is -3.59. The van der Waals surface area contributed by atoms with Crippen molar-refractivity contribution in [2.45, 2.75) is 31.1 Å². The minimum absolute atomic E-state index is 0.233. The number of benzene rings is 2. The molecule has 0 atom stereocenters. The number of aromatic nitrogens is 2. The van der Waals surface area contributed by atoms with Crippen LogP contribution in [0.1, 0.15) is 35.3 Å². The Labute approximate surface area is 176 Å². The fraction of sp³-hybridized carbons (Fsp3) is 0.273. The molecule has 1 amide bonds. The molecule has 0 radical (unpaired) electrons. The molecule has 3 aromatic rings. The van der Waals surface area contributed by atoms with Crippen LogP contribution in [0.25, 0.3) is 11.3 Å². The molecule has 1 aliphatic heterocycles. The van der Waals surface area contributed by atoms with Crippen LogP contribution < -0.4 is 5.32 Å². The van der Waals surface area contributed by atoms with E-state index in [9.17, 15) is 13.2 Å². The van der Waals surface area contributed by atoms with Gasteiger partial charge in [0.25, 0.3) is 5.91 Å². The molecule has 2 aromatic carbocycles. The van der Waals surface area contributed by atoms with Crippen LogP contribution in [0.3, 0.4) is 0 Å². The summed E-state index contributed by atoms with van der Waals surface area (Å²) in [4.78, 5) is 12.9. The number of amides is 1. The van der Waals surface area contributed by atoms with Crippen molar-refractivity contribution in [3.05, 3.63) is 65.9 Å². The summed E-state index contributed by atoms with van der Waals surface area (Å²) < 4.78 is 27.7. The summed E-state index contributed by atoms with van der Waals surface area (Å²) >= 11 is 0. The second kappa shape index (κ2) is 8.41. The maximum atomic E-state index is 13.1. The lowest BCUT2D eigenvalue weighted by atomic mass is 10.1. The lowest BCUT2D eigenvalue weighted by molar-refractivity contribution is 0.102. The van der Waals surface area contributed by atoms with Crippen molar-refractivity contribution in [2.75, 3.05) is 18.4 Å². The number of aromatic amines is 1. The highest BCUT2D eigenvalue weighted by Crippen LogP contribution is 2.26. The monoisotopic (exact) mass is 424 g/mol. The molecule has 7 nitrogen and oxygen atoms in total. The lowest BCUT2D eigenvalue weighted by Crippen LogP contribution is -2.36. The van der Waals surface area contributed by atoms with Crippen molar-refractivity contribution in [3.63, 3.8) is 0 Å². The van der Waals surface area contributed by atoms with Crippen LogP contribution in [0.15, 0.2) is 59.5 Å². The molecule has 2 N–H and O–H groups in total. The van der Waals surface area contributed by atoms with Gasteiger partial charge in [-0.1, -0.05) is 42.8 Å². The molecule has 0 bridgehead atoms. The highest BCUT2D eigenvalue weighted by molar-refractivity contribution is 7.89. The van der Waals surface area contributed by atoms with Gasteiger partial charge in [-0.05, 0) is 43.5 Å². The van der Waals surface area contributed by atoms with Crippen molar-refractivity contribution in [3.8, 4) is 11.3 Å². The van der Waals surface area contributed by atoms with Gasteiger partial charge in [-0.2, -0.15) is 9.40 Å². The van der Waals surface area contributed by atoms with E-state index >= 15 is 0 Å². The van der Waals surface area contributed by atoms with Gasteiger partial charge < -0.3 is 5.32 Å². The summed E-state index contributed by atoms with van der Waals surface area (Å²) in [6.45, 7) is 2.84. The molecule has 4 rings (SSSR count). The molecule has 1 saturated heterocycles. The third-order valence-electron chi connectivity index (χ3n) is 5.27. The maximum Gasteiger partial charge on any atom is 0.273 e. The third-order valence-corrected chi connectivity index (χ3v) is 7.31. The van der Waals surface area contributed by atoms with E-state index in [4.69, 9.17) is 0 Å². The first-order valence-electron chi connectivity index (χ1n) is 9.98. The minimum Gasteiger partial charge on any atom is -0.321 e. The van der Waals surface area contributed by atoms with E-state index < -0.39 is 10.0 Å². The molecule has 0 spiro atoms. The summed E-state index contributed by atoms with van der Waals surface area (Å²) in [6.07, 6.45) is 2.80. The van der Waals surface area contributed by atoms with Crippen LogP contribution in [-0.4, -0.2) is 41.9 Å². The molecule has 2 heterocycles. The van der Waals surface area contributed by atoms with E-state index in [0.717, 1.165) is 24.8 Å². The summed E-state index contributed by atoms with van der Waals surface area (Å²) in [5.41, 5.74) is 2.95. The highest BCUT2D eigenvalue weighted by Gasteiger charge is 2.27. The fourth-order valence-corrected chi connectivity index (χ4v) is 5.36. The second-order valence-corrected chi connectivity index (χ2v) is 9.34. The SMILES string of the molecule is Cc1ccc(NC(=O)c2cc(-c3ccccc3)n[nH]2)cc1S(=O)(=O)N1CCCCC1. The van der Waals surface area contributed by atoms with Crippen LogP contribution in [0, 0.1) is 6.92 Å². The Morgan fingerprint density at radius 1 is 1.03 bits per heavy atom. The van der Waals surface area contributed by atoms with Gasteiger partial charge in [0, 0.05) is 24.3 Å². The summed E-state index contributed by atoms with van der Waals surface area (Å²) in [5, 5.41) is 9.71. The van der Waals surface area contributed by atoms with Gasteiger partial charge in [0.1, 0.15) is 5.69 Å². The molecule has 8 heteroatoms. The zero-order valence-electron chi connectivity index (χ0n) is 16.8. The average Bonchev–Trinajstić information content (AvgIpc) is 3.27. The van der Waals surface area contributed by atoms with Gasteiger partial charge in [-0.15, -0.1) is 0 Å². The molecule has 0 aliphatic carbocycles. The number of piperidine rings is 1. The molecule has 1 fully saturated rings. The van der Waals surface area contributed by atoms with Gasteiger partial charge in [0.2, 0.25) is 10.0 Å². The van der Waals surface area contributed by atoms with E-state index in [2.05, 4.69) is 15.5 Å². The van der Waals surface area contributed by atoms with Crippen LogP contribution in [0.5, 0.6) is 0 Å². The molecule has 0 unspecified atom stereocenters. The van der Waals surface area contributed by atoms with Crippen molar-refractivity contribution >= 4 is 21.6 Å².